The van der Waals surface area contributed by atoms with E-state index >= 15 is 0 Å². The summed E-state index contributed by atoms with van der Waals surface area (Å²) in [7, 11) is 4.20. The first-order valence-corrected chi connectivity index (χ1v) is 7.99. The number of nitrogens with one attached hydrogen (secondary N) is 1. The van der Waals surface area contributed by atoms with E-state index in [4.69, 9.17) is 0 Å². The second-order valence-corrected chi connectivity index (χ2v) is 6.44. The Bertz CT molecular complexity index is 534. The van der Waals surface area contributed by atoms with Crippen LogP contribution >= 0.6 is 11.3 Å². The molecule has 0 saturated heterocycles. The fourth-order valence-corrected chi connectivity index (χ4v) is 3.31. The third-order valence-corrected chi connectivity index (χ3v) is 4.62. The monoisotopic (exact) mass is 288 g/mol. The second-order valence-electron chi connectivity index (χ2n) is 5.41. The van der Waals surface area contributed by atoms with E-state index in [1.165, 1.54) is 21.7 Å². The predicted molar refractivity (Wildman–Crippen MR) is 89.8 cm³/mol. The van der Waals surface area contributed by atoms with Crippen LogP contribution in [0.1, 0.15) is 22.9 Å². The Morgan fingerprint density at radius 1 is 1.30 bits per heavy atom. The Hall–Kier alpha value is -1.32. The first-order valence-electron chi connectivity index (χ1n) is 7.11. The van der Waals surface area contributed by atoms with Crippen molar-refractivity contribution in [2.24, 2.45) is 0 Å². The first-order chi connectivity index (χ1) is 9.61. The summed E-state index contributed by atoms with van der Waals surface area (Å²) < 4.78 is 0. The fourth-order valence-electron chi connectivity index (χ4n) is 2.48. The van der Waals surface area contributed by atoms with Gasteiger partial charge in [0.05, 0.1) is 0 Å². The Kier molecular flexibility index (Phi) is 5.21. The molecule has 1 aromatic heterocycles. The van der Waals surface area contributed by atoms with Crippen LogP contribution in [0.2, 0.25) is 0 Å². The summed E-state index contributed by atoms with van der Waals surface area (Å²) >= 11 is 1.84. The lowest BCUT2D eigenvalue weighted by molar-refractivity contribution is 0.681. The zero-order chi connectivity index (χ0) is 14.5. The lowest BCUT2D eigenvalue weighted by Gasteiger charge is -2.29. The van der Waals surface area contributed by atoms with Crippen LogP contribution in [0.3, 0.4) is 0 Å². The molecular formula is C17H24N2S. The highest BCUT2D eigenvalue weighted by atomic mass is 32.1. The molecule has 1 N–H and O–H groups in total. The zero-order valence-electron chi connectivity index (χ0n) is 12.8. The van der Waals surface area contributed by atoms with Crippen molar-refractivity contribution >= 4 is 17.0 Å². The molecule has 0 aliphatic carbocycles. The number of anilines is 1. The van der Waals surface area contributed by atoms with Crippen LogP contribution in [0, 0.1) is 6.92 Å². The van der Waals surface area contributed by atoms with E-state index in [-0.39, 0.29) is 0 Å². The SMILES string of the molecule is CNCc1cc(C)ccc1N(C)C(C)Cc1cccs1. The number of rotatable bonds is 6. The summed E-state index contributed by atoms with van der Waals surface area (Å²) in [5, 5.41) is 5.42. The van der Waals surface area contributed by atoms with Crippen molar-refractivity contribution in [3.8, 4) is 0 Å². The molecule has 2 aromatic rings. The van der Waals surface area contributed by atoms with Crippen LogP contribution < -0.4 is 10.2 Å². The van der Waals surface area contributed by atoms with Crippen LogP contribution in [0.4, 0.5) is 5.69 Å². The van der Waals surface area contributed by atoms with Gasteiger partial charge in [0, 0.05) is 36.6 Å². The highest BCUT2D eigenvalue weighted by Gasteiger charge is 2.14. The van der Waals surface area contributed by atoms with Gasteiger partial charge in [-0.1, -0.05) is 23.8 Å². The average molecular weight is 288 g/mol. The van der Waals surface area contributed by atoms with E-state index in [1.807, 2.05) is 18.4 Å². The molecule has 0 radical (unpaired) electrons. The quantitative estimate of drug-likeness (QED) is 0.868. The number of likely N-dealkylation sites (N-methyl/N-ethyl adjacent to an activating group) is 1. The summed E-state index contributed by atoms with van der Waals surface area (Å²) in [6.45, 7) is 5.35. The smallest absolute Gasteiger partial charge is 0.0411 e. The number of hydrogen-bond donors (Lipinski definition) is 1. The van der Waals surface area contributed by atoms with Crippen LogP contribution in [0.25, 0.3) is 0 Å². The molecule has 0 fully saturated rings. The molecule has 108 valence electrons. The van der Waals surface area contributed by atoms with Gasteiger partial charge in [-0.3, -0.25) is 0 Å². The number of hydrogen-bond acceptors (Lipinski definition) is 3. The van der Waals surface area contributed by atoms with Gasteiger partial charge in [0.15, 0.2) is 0 Å². The zero-order valence-corrected chi connectivity index (χ0v) is 13.6. The van der Waals surface area contributed by atoms with Crippen LogP contribution in [0.5, 0.6) is 0 Å². The Morgan fingerprint density at radius 3 is 2.75 bits per heavy atom. The molecule has 1 heterocycles. The minimum atomic E-state index is 0.493. The molecule has 0 saturated carbocycles. The Balaban J connectivity index is 2.17. The van der Waals surface area contributed by atoms with Gasteiger partial charge in [0.2, 0.25) is 0 Å². The van der Waals surface area contributed by atoms with Gasteiger partial charge < -0.3 is 10.2 Å². The molecule has 2 nitrogen and oxygen atoms in total. The predicted octanol–water partition coefficient (Wildman–Crippen LogP) is 3.84. The van der Waals surface area contributed by atoms with Crippen molar-refractivity contribution in [2.75, 3.05) is 19.0 Å². The lowest BCUT2D eigenvalue weighted by atomic mass is 10.1. The van der Waals surface area contributed by atoms with E-state index in [0.29, 0.717) is 6.04 Å². The largest absolute Gasteiger partial charge is 0.371 e. The van der Waals surface area contributed by atoms with Crippen molar-refractivity contribution in [3.05, 3.63) is 51.7 Å². The minimum Gasteiger partial charge on any atom is -0.371 e. The Morgan fingerprint density at radius 2 is 2.10 bits per heavy atom. The first kappa shape index (κ1) is 15.1. The maximum atomic E-state index is 3.27. The summed E-state index contributed by atoms with van der Waals surface area (Å²) in [5.74, 6) is 0. The van der Waals surface area contributed by atoms with Crippen LogP contribution in [-0.2, 0) is 13.0 Å². The minimum absolute atomic E-state index is 0.493. The van der Waals surface area contributed by atoms with Crippen molar-refractivity contribution in [2.45, 2.75) is 32.9 Å². The molecule has 3 heteroatoms. The molecular weight excluding hydrogens is 264 g/mol. The van der Waals surface area contributed by atoms with E-state index in [0.717, 1.165) is 13.0 Å². The van der Waals surface area contributed by atoms with Crippen molar-refractivity contribution < 1.29 is 0 Å². The fraction of sp³-hybridized carbons (Fsp3) is 0.412. The van der Waals surface area contributed by atoms with Crippen molar-refractivity contribution in [1.82, 2.24) is 5.32 Å². The van der Waals surface area contributed by atoms with E-state index in [1.54, 1.807) is 0 Å². The van der Waals surface area contributed by atoms with E-state index in [9.17, 15) is 0 Å². The summed E-state index contributed by atoms with van der Waals surface area (Å²) in [4.78, 5) is 3.85. The van der Waals surface area contributed by atoms with Crippen LogP contribution in [0.15, 0.2) is 35.7 Å². The van der Waals surface area contributed by atoms with E-state index in [2.05, 4.69) is 66.8 Å². The molecule has 2 rings (SSSR count). The van der Waals surface area contributed by atoms with Gasteiger partial charge in [-0.2, -0.15) is 0 Å². The summed E-state index contributed by atoms with van der Waals surface area (Å²) in [5.41, 5.74) is 4.01. The molecule has 0 aliphatic rings. The van der Waals surface area contributed by atoms with Crippen molar-refractivity contribution in [1.29, 1.82) is 0 Å². The molecule has 0 aliphatic heterocycles. The number of thiophene rings is 1. The summed E-state index contributed by atoms with van der Waals surface area (Å²) in [6, 6.07) is 11.6. The maximum Gasteiger partial charge on any atom is 0.0411 e. The molecule has 1 atom stereocenters. The van der Waals surface area contributed by atoms with Gasteiger partial charge >= 0.3 is 0 Å². The van der Waals surface area contributed by atoms with Gasteiger partial charge in [-0.05, 0) is 44.0 Å². The molecule has 0 bridgehead atoms. The van der Waals surface area contributed by atoms with Gasteiger partial charge in [0.1, 0.15) is 0 Å². The molecule has 0 spiro atoms. The maximum absolute atomic E-state index is 3.27. The average Bonchev–Trinajstić information content (AvgIpc) is 2.91. The summed E-state index contributed by atoms with van der Waals surface area (Å²) in [6.07, 6.45) is 1.10. The molecule has 1 unspecified atom stereocenters. The number of nitrogens with zero attached hydrogens (tertiary/aromatic N) is 1. The van der Waals surface area contributed by atoms with Crippen LogP contribution in [-0.4, -0.2) is 20.1 Å². The number of aryl methyl sites for hydroxylation is 1. The standard InChI is InChI=1S/C17H24N2S/c1-13-7-8-17(15(10-13)12-18-3)19(4)14(2)11-16-6-5-9-20-16/h5-10,14,18H,11-12H2,1-4H3. The van der Waals surface area contributed by atoms with Gasteiger partial charge in [-0.25, -0.2) is 0 Å². The lowest BCUT2D eigenvalue weighted by Crippen LogP contribution is -2.31. The highest BCUT2D eigenvalue weighted by Crippen LogP contribution is 2.24. The number of benzene rings is 1. The molecule has 0 amide bonds. The normalized spacial score (nSPS) is 12.4. The topological polar surface area (TPSA) is 15.3 Å². The second kappa shape index (κ2) is 6.91. The highest BCUT2D eigenvalue weighted by molar-refractivity contribution is 7.09. The molecule has 20 heavy (non-hydrogen) atoms. The van der Waals surface area contributed by atoms with E-state index < -0.39 is 0 Å². The third-order valence-electron chi connectivity index (χ3n) is 3.72. The van der Waals surface area contributed by atoms with Gasteiger partial charge in [-0.15, -0.1) is 11.3 Å². The third kappa shape index (κ3) is 3.62. The molecule has 1 aromatic carbocycles. The Labute approximate surface area is 126 Å². The van der Waals surface area contributed by atoms with Gasteiger partial charge in [0.25, 0.3) is 0 Å². The van der Waals surface area contributed by atoms with Crippen molar-refractivity contribution in [3.63, 3.8) is 0 Å².